The van der Waals surface area contributed by atoms with Crippen molar-refractivity contribution >= 4 is 11.0 Å². The minimum Gasteiger partial charge on any atom is -0.491 e. The van der Waals surface area contributed by atoms with Crippen LogP contribution in [0.25, 0.3) is 11.0 Å². The molecule has 2 atom stereocenters. The van der Waals surface area contributed by atoms with Crippen LogP contribution in [0, 0.1) is 6.92 Å². The molecule has 2 heterocycles. The van der Waals surface area contributed by atoms with Crippen molar-refractivity contribution in [1.82, 2.24) is 0 Å². The molecule has 6 nitrogen and oxygen atoms in total. The van der Waals surface area contributed by atoms with Gasteiger partial charge in [0.25, 0.3) is 0 Å². The van der Waals surface area contributed by atoms with Gasteiger partial charge in [-0.15, -0.1) is 0 Å². The van der Waals surface area contributed by atoms with Gasteiger partial charge in [0.15, 0.2) is 0 Å². The van der Waals surface area contributed by atoms with Crippen LogP contribution in [0.5, 0.6) is 5.75 Å². The van der Waals surface area contributed by atoms with E-state index in [1.165, 1.54) is 36.9 Å². The number of piperidine rings is 1. The molecule has 0 spiro atoms. The molecule has 1 saturated heterocycles. The Morgan fingerprint density at radius 1 is 1.35 bits per heavy atom. The van der Waals surface area contributed by atoms with Crippen LogP contribution < -0.4 is 20.2 Å². The number of benzene rings is 1. The molecule has 1 aliphatic heterocycles. The highest BCUT2D eigenvalue weighted by atomic mass is 16.5. The van der Waals surface area contributed by atoms with Gasteiger partial charge in [-0.1, -0.05) is 0 Å². The maximum Gasteiger partial charge on any atom is 0.336 e. The largest absolute Gasteiger partial charge is 0.491 e. The minimum atomic E-state index is -0.526. The Kier molecular flexibility index (Phi) is 5.96. The number of likely N-dealkylation sites (N-methyl/N-ethyl adjacent to an activating group) is 1. The van der Waals surface area contributed by atoms with Crippen LogP contribution in [0.15, 0.2) is 33.5 Å². The van der Waals surface area contributed by atoms with Gasteiger partial charge < -0.3 is 24.1 Å². The van der Waals surface area contributed by atoms with Crippen molar-refractivity contribution in [3.63, 3.8) is 0 Å². The first-order valence-electron chi connectivity index (χ1n) is 9.41. The highest BCUT2D eigenvalue weighted by Crippen LogP contribution is 2.22. The fourth-order valence-electron chi connectivity index (χ4n) is 3.79. The lowest BCUT2D eigenvalue weighted by molar-refractivity contribution is -0.941. The maximum absolute atomic E-state index is 11.5. The van der Waals surface area contributed by atoms with Crippen LogP contribution in [0.4, 0.5) is 0 Å². The highest BCUT2D eigenvalue weighted by molar-refractivity contribution is 5.81. The van der Waals surface area contributed by atoms with E-state index in [1.807, 2.05) is 19.1 Å². The topological polar surface area (TPSA) is 68.5 Å². The van der Waals surface area contributed by atoms with Gasteiger partial charge in [-0.05, 0) is 24.6 Å². The Bertz CT molecular complexity index is 796. The molecule has 1 aromatic heterocycles. The number of hydrogen-bond donors (Lipinski definition) is 3. The quantitative estimate of drug-likeness (QED) is 0.579. The Hall–Kier alpha value is -1.89. The van der Waals surface area contributed by atoms with Gasteiger partial charge in [-0.2, -0.15) is 0 Å². The molecule has 0 radical (unpaired) electrons. The summed E-state index contributed by atoms with van der Waals surface area (Å²) in [4.78, 5) is 14.5. The summed E-state index contributed by atoms with van der Waals surface area (Å²) in [5.41, 5.74) is 1.03. The van der Waals surface area contributed by atoms with E-state index < -0.39 is 6.10 Å². The predicted molar refractivity (Wildman–Crippen MR) is 100 cm³/mol. The second-order valence-corrected chi connectivity index (χ2v) is 7.65. The van der Waals surface area contributed by atoms with Gasteiger partial charge in [-0.25, -0.2) is 4.79 Å². The van der Waals surface area contributed by atoms with E-state index >= 15 is 0 Å². The van der Waals surface area contributed by atoms with E-state index in [4.69, 9.17) is 9.15 Å². The van der Waals surface area contributed by atoms with E-state index in [0.717, 1.165) is 10.9 Å². The van der Waals surface area contributed by atoms with E-state index in [2.05, 4.69) is 14.1 Å². The summed E-state index contributed by atoms with van der Waals surface area (Å²) < 4.78 is 11.0. The lowest BCUT2D eigenvalue weighted by atomic mass is 10.0. The number of aryl methyl sites for hydroxylation is 1. The van der Waals surface area contributed by atoms with Gasteiger partial charge in [0.2, 0.25) is 0 Å². The molecular formula is C20H30N2O4+2. The molecule has 26 heavy (non-hydrogen) atoms. The molecule has 142 valence electrons. The van der Waals surface area contributed by atoms with Gasteiger partial charge in [0.1, 0.15) is 30.6 Å². The summed E-state index contributed by atoms with van der Waals surface area (Å²) in [6, 6.07) is 7.54. The summed E-state index contributed by atoms with van der Waals surface area (Å²) in [6.07, 6.45) is 1.88. The highest BCUT2D eigenvalue weighted by Gasteiger charge is 2.27. The first-order chi connectivity index (χ1) is 12.4. The number of quaternary nitrogens is 2. The number of ether oxygens (including phenoxy) is 1. The molecule has 1 unspecified atom stereocenters. The summed E-state index contributed by atoms with van der Waals surface area (Å²) in [6.45, 7) is 5.20. The van der Waals surface area contributed by atoms with Crippen LogP contribution in [0.2, 0.25) is 0 Å². The van der Waals surface area contributed by atoms with Crippen LogP contribution in [0.3, 0.4) is 0 Å². The van der Waals surface area contributed by atoms with Crippen molar-refractivity contribution in [1.29, 1.82) is 0 Å². The number of fused-ring (bicyclic) bond motifs is 1. The minimum absolute atomic E-state index is 0.233. The number of aliphatic hydroxyl groups is 1. The molecule has 6 heteroatoms. The van der Waals surface area contributed by atoms with Crippen molar-refractivity contribution < 1.29 is 24.1 Å². The lowest BCUT2D eigenvalue weighted by Gasteiger charge is -2.31. The van der Waals surface area contributed by atoms with Crippen molar-refractivity contribution in [3.05, 3.63) is 40.2 Å². The Morgan fingerprint density at radius 2 is 2.08 bits per heavy atom. The van der Waals surface area contributed by atoms with Crippen molar-refractivity contribution in [2.24, 2.45) is 0 Å². The van der Waals surface area contributed by atoms with E-state index in [9.17, 15) is 9.90 Å². The molecular weight excluding hydrogens is 332 g/mol. The van der Waals surface area contributed by atoms with Gasteiger partial charge >= 0.3 is 5.63 Å². The molecule has 2 aromatic rings. The molecule has 1 aromatic carbocycles. The molecule has 1 aliphatic rings. The normalized spacial score (nSPS) is 22.9. The summed E-state index contributed by atoms with van der Waals surface area (Å²) >= 11 is 0. The number of likely N-dealkylation sites (tertiary alicyclic amines) is 1. The third-order valence-corrected chi connectivity index (χ3v) is 5.46. The Morgan fingerprint density at radius 3 is 2.81 bits per heavy atom. The third-order valence-electron chi connectivity index (χ3n) is 5.46. The predicted octanol–water partition coefficient (Wildman–Crippen LogP) is -0.967. The molecule has 3 N–H and O–H groups in total. The standard InChI is InChI=1S/C20H28N2O4/c1-14-10-20(24)26-19-11-17(4-5-18(14)19)25-13-16(23)12-22(3)15-6-8-21(2)9-7-15/h4-5,10-11,15-16,23H,6-9,12-13H2,1-3H3/p+2/t16-/m0/s1. The first-order valence-corrected chi connectivity index (χ1v) is 9.41. The SMILES string of the molecule is Cc1cc(=O)oc2cc(OC[C@@H](O)C[NH+](C)C3CC[NH+](C)CC3)ccc12. The summed E-state index contributed by atoms with van der Waals surface area (Å²) in [7, 11) is 4.39. The van der Waals surface area contributed by atoms with Gasteiger partial charge in [-0.3, -0.25) is 0 Å². The number of hydrogen-bond acceptors (Lipinski definition) is 4. The maximum atomic E-state index is 11.5. The number of nitrogens with one attached hydrogen (secondary N) is 2. The monoisotopic (exact) mass is 362 g/mol. The van der Waals surface area contributed by atoms with Gasteiger partial charge in [0, 0.05) is 30.4 Å². The molecule has 1 fully saturated rings. The second kappa shape index (κ2) is 8.20. The van der Waals surface area contributed by atoms with E-state index in [0.29, 0.717) is 23.9 Å². The second-order valence-electron chi connectivity index (χ2n) is 7.65. The molecule has 0 saturated carbocycles. The van der Waals surface area contributed by atoms with E-state index in [1.54, 1.807) is 11.0 Å². The van der Waals surface area contributed by atoms with Crippen LogP contribution in [-0.2, 0) is 0 Å². The number of rotatable bonds is 6. The lowest BCUT2D eigenvalue weighted by Crippen LogP contribution is -3.18. The number of aliphatic hydroxyl groups excluding tert-OH is 1. The Balaban J connectivity index is 1.55. The molecule has 0 bridgehead atoms. The summed E-state index contributed by atoms with van der Waals surface area (Å²) in [5, 5.41) is 11.2. The van der Waals surface area contributed by atoms with Gasteiger partial charge in [0.05, 0.1) is 33.2 Å². The zero-order chi connectivity index (χ0) is 18.7. The average Bonchev–Trinajstić information content (AvgIpc) is 2.60. The average molecular weight is 362 g/mol. The van der Waals surface area contributed by atoms with Crippen LogP contribution in [0.1, 0.15) is 18.4 Å². The van der Waals surface area contributed by atoms with Crippen molar-refractivity contribution in [3.8, 4) is 5.75 Å². The van der Waals surface area contributed by atoms with Crippen molar-refractivity contribution in [2.45, 2.75) is 31.9 Å². The fraction of sp³-hybridized carbons (Fsp3) is 0.550. The van der Waals surface area contributed by atoms with Crippen LogP contribution >= 0.6 is 0 Å². The fourth-order valence-corrected chi connectivity index (χ4v) is 3.79. The third kappa shape index (κ3) is 4.63. The zero-order valence-electron chi connectivity index (χ0n) is 15.9. The van der Waals surface area contributed by atoms with Crippen LogP contribution in [-0.4, -0.2) is 57.6 Å². The molecule has 0 amide bonds. The smallest absolute Gasteiger partial charge is 0.336 e. The van der Waals surface area contributed by atoms with Crippen molar-refractivity contribution in [2.75, 3.05) is 40.3 Å². The molecule has 0 aliphatic carbocycles. The Labute approximate surface area is 154 Å². The first kappa shape index (κ1) is 18.9. The van der Waals surface area contributed by atoms with E-state index in [-0.39, 0.29) is 12.2 Å². The molecule has 3 rings (SSSR count). The summed E-state index contributed by atoms with van der Waals surface area (Å²) in [5.74, 6) is 0.603. The zero-order valence-corrected chi connectivity index (χ0v) is 15.9.